The highest BCUT2D eigenvalue weighted by Crippen LogP contribution is 2.21. The van der Waals surface area contributed by atoms with Gasteiger partial charge < -0.3 is 19.1 Å². The van der Waals surface area contributed by atoms with Gasteiger partial charge >= 0.3 is 0 Å². The number of pyridine rings is 1. The van der Waals surface area contributed by atoms with E-state index in [4.69, 9.17) is 9.47 Å². The standard InChI is InChI=1S/C22H23BrFNO4/c1-28-17-6-4-15(5-7-17)14-29-18(13-26)3-2-9-25-10-8-16-11-20(23)21(24)12-19(16)22(25)27/h4-8,10-12,18,26H,2-3,9,13-14H2,1H3. The fourth-order valence-electron chi connectivity index (χ4n) is 3.11. The van der Waals surface area contributed by atoms with Crippen LogP contribution in [-0.4, -0.2) is 29.5 Å². The zero-order valence-electron chi connectivity index (χ0n) is 16.1. The van der Waals surface area contributed by atoms with Crippen molar-refractivity contribution in [1.82, 2.24) is 4.57 Å². The molecule has 1 N–H and O–H groups in total. The third kappa shape index (κ3) is 5.44. The van der Waals surface area contributed by atoms with Crippen molar-refractivity contribution >= 4 is 26.7 Å². The van der Waals surface area contributed by atoms with E-state index in [0.717, 1.165) is 11.3 Å². The number of aliphatic hydroxyl groups is 1. The first-order chi connectivity index (χ1) is 14.0. The molecule has 0 radical (unpaired) electrons. The summed E-state index contributed by atoms with van der Waals surface area (Å²) >= 11 is 3.14. The van der Waals surface area contributed by atoms with E-state index in [2.05, 4.69) is 15.9 Å². The lowest BCUT2D eigenvalue weighted by Crippen LogP contribution is -2.22. The zero-order chi connectivity index (χ0) is 20.8. The molecule has 0 aliphatic carbocycles. The predicted octanol–water partition coefficient (Wildman–Crippen LogP) is 4.27. The van der Waals surface area contributed by atoms with Crippen LogP contribution in [0.3, 0.4) is 0 Å². The summed E-state index contributed by atoms with van der Waals surface area (Å²) in [5.41, 5.74) is 0.761. The van der Waals surface area contributed by atoms with E-state index in [1.165, 1.54) is 6.07 Å². The highest BCUT2D eigenvalue weighted by molar-refractivity contribution is 9.10. The summed E-state index contributed by atoms with van der Waals surface area (Å²) in [5.74, 6) is 0.320. The molecule has 0 fully saturated rings. The Bertz CT molecular complexity index is 1020. The molecule has 0 aliphatic rings. The van der Waals surface area contributed by atoms with Crippen molar-refractivity contribution < 1.29 is 19.0 Å². The summed E-state index contributed by atoms with van der Waals surface area (Å²) in [6, 6.07) is 12.2. The number of aromatic nitrogens is 1. The van der Waals surface area contributed by atoms with Gasteiger partial charge in [0.15, 0.2) is 0 Å². The fraction of sp³-hybridized carbons (Fsp3) is 0.318. The lowest BCUT2D eigenvalue weighted by atomic mass is 10.1. The van der Waals surface area contributed by atoms with Gasteiger partial charge in [-0.15, -0.1) is 0 Å². The number of rotatable bonds is 9. The van der Waals surface area contributed by atoms with E-state index in [1.807, 2.05) is 24.3 Å². The molecule has 1 aromatic heterocycles. The second-order valence-corrected chi connectivity index (χ2v) is 7.63. The minimum Gasteiger partial charge on any atom is -0.497 e. The smallest absolute Gasteiger partial charge is 0.258 e. The SMILES string of the molecule is COc1ccc(COC(CO)CCCn2ccc3cc(Br)c(F)cc3c2=O)cc1. The van der Waals surface area contributed by atoms with Crippen LogP contribution in [0.5, 0.6) is 5.75 Å². The van der Waals surface area contributed by atoms with Gasteiger partial charge in [0.25, 0.3) is 5.56 Å². The predicted molar refractivity (Wildman–Crippen MR) is 114 cm³/mol. The monoisotopic (exact) mass is 463 g/mol. The maximum atomic E-state index is 13.8. The first kappa shape index (κ1) is 21.5. The van der Waals surface area contributed by atoms with Crippen molar-refractivity contribution in [2.75, 3.05) is 13.7 Å². The molecule has 1 atom stereocenters. The molecule has 0 amide bonds. The molecule has 3 rings (SSSR count). The van der Waals surface area contributed by atoms with Crippen LogP contribution in [0.15, 0.2) is 57.9 Å². The molecule has 0 bridgehead atoms. The average molecular weight is 464 g/mol. The molecule has 0 aliphatic heterocycles. The Kier molecular flexibility index (Phi) is 7.41. The number of aryl methyl sites for hydroxylation is 1. The van der Waals surface area contributed by atoms with Crippen LogP contribution < -0.4 is 10.3 Å². The van der Waals surface area contributed by atoms with Crippen molar-refractivity contribution in [1.29, 1.82) is 0 Å². The Hall–Kier alpha value is -2.22. The Morgan fingerprint density at radius 2 is 1.97 bits per heavy atom. The Balaban J connectivity index is 1.56. The van der Waals surface area contributed by atoms with Gasteiger partial charge in [0.2, 0.25) is 0 Å². The number of ether oxygens (including phenoxy) is 2. The Morgan fingerprint density at radius 1 is 1.21 bits per heavy atom. The topological polar surface area (TPSA) is 60.7 Å². The molecule has 7 heteroatoms. The summed E-state index contributed by atoms with van der Waals surface area (Å²) in [4.78, 5) is 12.6. The number of nitrogens with zero attached hydrogens (tertiary/aromatic N) is 1. The summed E-state index contributed by atoms with van der Waals surface area (Å²) in [7, 11) is 1.61. The third-order valence-electron chi connectivity index (χ3n) is 4.79. The van der Waals surface area contributed by atoms with Crippen LogP contribution in [0, 0.1) is 5.82 Å². The second-order valence-electron chi connectivity index (χ2n) is 6.77. The van der Waals surface area contributed by atoms with Gasteiger partial charge in [0.1, 0.15) is 11.6 Å². The molecule has 1 heterocycles. The lowest BCUT2D eigenvalue weighted by molar-refractivity contribution is -0.00375. The van der Waals surface area contributed by atoms with Gasteiger partial charge in [-0.3, -0.25) is 4.79 Å². The first-order valence-electron chi connectivity index (χ1n) is 9.35. The molecule has 0 saturated heterocycles. The highest BCUT2D eigenvalue weighted by atomic mass is 79.9. The van der Waals surface area contributed by atoms with E-state index in [-0.39, 0.29) is 18.3 Å². The quantitative estimate of drug-likeness (QED) is 0.514. The van der Waals surface area contributed by atoms with Crippen LogP contribution in [0.25, 0.3) is 10.8 Å². The van der Waals surface area contributed by atoms with Crippen LogP contribution in [0.4, 0.5) is 4.39 Å². The van der Waals surface area contributed by atoms with Crippen LogP contribution in [0.2, 0.25) is 0 Å². The van der Waals surface area contributed by atoms with Gasteiger partial charge in [-0.1, -0.05) is 12.1 Å². The number of aliphatic hydroxyl groups excluding tert-OH is 1. The number of hydrogen-bond acceptors (Lipinski definition) is 4. The third-order valence-corrected chi connectivity index (χ3v) is 5.40. The van der Waals surface area contributed by atoms with Gasteiger partial charge in [0.05, 0.1) is 36.3 Å². The number of fused-ring (bicyclic) bond motifs is 1. The van der Waals surface area contributed by atoms with Gasteiger partial charge in [-0.05, 0) is 70.1 Å². The second kappa shape index (κ2) is 10.0. The summed E-state index contributed by atoms with van der Waals surface area (Å²) in [6.07, 6.45) is 2.65. The van der Waals surface area contributed by atoms with Crippen LogP contribution >= 0.6 is 15.9 Å². The molecule has 0 saturated carbocycles. The Labute approximate surface area is 176 Å². The number of halogens is 2. The number of benzene rings is 2. The molecular formula is C22H23BrFNO4. The average Bonchev–Trinajstić information content (AvgIpc) is 2.74. The van der Waals surface area contributed by atoms with Crippen molar-refractivity contribution in [2.24, 2.45) is 0 Å². The Morgan fingerprint density at radius 3 is 2.66 bits per heavy atom. The molecule has 3 aromatic rings. The van der Waals surface area contributed by atoms with Gasteiger partial charge in [-0.25, -0.2) is 4.39 Å². The van der Waals surface area contributed by atoms with E-state index < -0.39 is 5.82 Å². The minimum atomic E-state index is -0.459. The largest absolute Gasteiger partial charge is 0.497 e. The summed E-state index contributed by atoms with van der Waals surface area (Å²) in [5, 5.41) is 10.6. The van der Waals surface area contributed by atoms with Crippen LogP contribution in [0.1, 0.15) is 18.4 Å². The van der Waals surface area contributed by atoms with Crippen LogP contribution in [-0.2, 0) is 17.9 Å². The fourth-order valence-corrected chi connectivity index (χ4v) is 3.47. The van der Waals surface area contributed by atoms with Crippen molar-refractivity contribution in [3.8, 4) is 5.75 Å². The normalized spacial score (nSPS) is 12.3. The molecule has 5 nitrogen and oxygen atoms in total. The number of methoxy groups -OCH3 is 1. The van der Waals surface area contributed by atoms with Crippen molar-refractivity contribution in [3.05, 3.63) is 74.9 Å². The molecule has 154 valence electrons. The lowest BCUT2D eigenvalue weighted by Gasteiger charge is -2.16. The van der Waals surface area contributed by atoms with E-state index >= 15 is 0 Å². The maximum Gasteiger partial charge on any atom is 0.258 e. The highest BCUT2D eigenvalue weighted by Gasteiger charge is 2.11. The molecule has 1 unspecified atom stereocenters. The summed E-state index contributed by atoms with van der Waals surface area (Å²) < 4.78 is 26.6. The van der Waals surface area contributed by atoms with E-state index in [9.17, 15) is 14.3 Å². The first-order valence-corrected chi connectivity index (χ1v) is 10.1. The van der Waals surface area contributed by atoms with E-state index in [1.54, 1.807) is 30.0 Å². The minimum absolute atomic E-state index is 0.0952. The maximum absolute atomic E-state index is 13.8. The van der Waals surface area contributed by atoms with Gasteiger partial charge in [0, 0.05) is 12.7 Å². The van der Waals surface area contributed by atoms with Crippen molar-refractivity contribution in [3.63, 3.8) is 0 Å². The molecule has 29 heavy (non-hydrogen) atoms. The molecule has 0 spiro atoms. The van der Waals surface area contributed by atoms with E-state index in [0.29, 0.717) is 41.2 Å². The molecule has 2 aromatic carbocycles. The number of hydrogen-bond donors (Lipinski definition) is 1. The van der Waals surface area contributed by atoms with Gasteiger partial charge in [-0.2, -0.15) is 0 Å². The zero-order valence-corrected chi connectivity index (χ0v) is 17.7. The van der Waals surface area contributed by atoms with Crippen molar-refractivity contribution in [2.45, 2.75) is 32.1 Å². The molecular weight excluding hydrogens is 441 g/mol. The summed E-state index contributed by atoms with van der Waals surface area (Å²) in [6.45, 7) is 0.760.